The molecule has 0 amide bonds. The number of rotatable bonds is 1. The second-order valence-electron chi connectivity index (χ2n) is 6.26. The van der Waals surface area contributed by atoms with Gasteiger partial charge >= 0.3 is 41.3 Å². The van der Waals surface area contributed by atoms with Gasteiger partial charge in [0.15, 0.2) is 0 Å². The maximum atomic E-state index is 2.42. The molecule has 0 aromatic rings. The Morgan fingerprint density at radius 1 is 0.833 bits per heavy atom. The summed E-state index contributed by atoms with van der Waals surface area (Å²) in [5.74, 6) is 3.23. The van der Waals surface area contributed by atoms with Crippen molar-refractivity contribution in [2.75, 3.05) is 0 Å². The zero-order chi connectivity index (χ0) is 15.6. The predicted octanol–water partition coefficient (Wildman–Crippen LogP) is -0.561. The van der Waals surface area contributed by atoms with E-state index in [1.807, 2.05) is 0 Å². The third-order valence-electron chi connectivity index (χ3n) is 4.68. The van der Waals surface area contributed by atoms with Crippen LogP contribution in [0.15, 0.2) is 48.6 Å². The molecule has 3 heteroatoms. The van der Waals surface area contributed by atoms with Crippen LogP contribution in [0.4, 0.5) is 0 Å². The third kappa shape index (κ3) is 8.11. The third-order valence-corrected chi connectivity index (χ3v) is 5.68. The molecule has 24 heavy (non-hydrogen) atoms. The van der Waals surface area contributed by atoms with Crippen LogP contribution in [-0.2, 0) is 24.2 Å². The van der Waals surface area contributed by atoms with Crippen LogP contribution in [0.5, 0.6) is 0 Å². The number of fused-ring (bicyclic) bond motifs is 2. The quantitative estimate of drug-likeness (QED) is 0.478. The molecule has 0 aliphatic heterocycles. The minimum Gasteiger partial charge on any atom is -1.00 e. The molecule has 0 aromatic heterocycles. The molecule has 2 fully saturated rings. The first-order valence-electron chi connectivity index (χ1n) is 8.70. The van der Waals surface area contributed by atoms with E-state index in [9.17, 15) is 0 Å². The molecule has 4 aliphatic carbocycles. The molecular weight excluding hydrogens is 414 g/mol. The van der Waals surface area contributed by atoms with E-state index in [-0.39, 0.29) is 24.8 Å². The van der Waals surface area contributed by atoms with Crippen LogP contribution in [0.1, 0.15) is 39.0 Å². The van der Waals surface area contributed by atoms with Gasteiger partial charge in [-0.15, -0.1) is 24.0 Å². The van der Waals surface area contributed by atoms with Crippen molar-refractivity contribution in [3.05, 3.63) is 61.4 Å². The van der Waals surface area contributed by atoms with Gasteiger partial charge in [-0.1, -0.05) is 49.3 Å². The van der Waals surface area contributed by atoms with E-state index >= 15 is 0 Å². The monoisotopic (exact) mass is 440 g/mol. The Morgan fingerprint density at radius 3 is 1.54 bits per heavy atom. The summed E-state index contributed by atoms with van der Waals surface area (Å²) in [6.45, 7) is 2.15. The van der Waals surface area contributed by atoms with E-state index in [4.69, 9.17) is 0 Å². The molecule has 132 valence electrons. The van der Waals surface area contributed by atoms with E-state index in [1.165, 1.54) is 32.1 Å². The first-order chi connectivity index (χ1) is 10.8. The Kier molecular flexibility index (Phi) is 14.6. The summed E-state index contributed by atoms with van der Waals surface area (Å²) < 4.78 is 2.22. The van der Waals surface area contributed by atoms with Gasteiger partial charge in [-0.25, -0.2) is 0 Å². The summed E-state index contributed by atoms with van der Waals surface area (Å²) in [6.07, 6.45) is 29.3. The summed E-state index contributed by atoms with van der Waals surface area (Å²) in [5, 5.41) is 0. The van der Waals surface area contributed by atoms with E-state index in [0.717, 1.165) is 23.7 Å². The van der Waals surface area contributed by atoms with Gasteiger partial charge < -0.3 is 37.7 Å². The molecule has 0 N–H and O–H groups in total. The topological polar surface area (TPSA) is 0 Å². The van der Waals surface area contributed by atoms with Crippen LogP contribution in [0.25, 0.3) is 0 Å². The second-order valence-corrected chi connectivity index (χ2v) is 7.26. The molecule has 0 heterocycles. The smallest absolute Gasteiger partial charge is 1.00 e. The molecule has 0 aromatic carbocycles. The number of hydrogen-bond acceptors (Lipinski definition) is 0. The predicted molar refractivity (Wildman–Crippen MR) is 93.9 cm³/mol. The fourth-order valence-electron chi connectivity index (χ4n) is 3.39. The second kappa shape index (κ2) is 14.5. The number of halogens is 2. The molecule has 4 aliphatic rings. The van der Waals surface area contributed by atoms with Gasteiger partial charge in [0.05, 0.1) is 0 Å². The molecule has 0 nitrogen and oxygen atoms in total. The largest absolute Gasteiger partial charge is 1.00 e. The minimum absolute atomic E-state index is 0. The zero-order valence-electron chi connectivity index (χ0n) is 14.5. The van der Waals surface area contributed by atoms with Crippen molar-refractivity contribution in [2.24, 2.45) is 23.7 Å². The van der Waals surface area contributed by atoms with Crippen LogP contribution in [0.3, 0.4) is 0 Å². The normalized spacial score (nSPS) is 30.5. The van der Waals surface area contributed by atoms with Gasteiger partial charge in [-0.05, 0) is 11.8 Å². The maximum Gasteiger partial charge on any atom is -1.00 e. The van der Waals surface area contributed by atoms with Crippen molar-refractivity contribution < 1.29 is 49.0 Å². The standard InChI is InChI=1S/2C9H11.C3H6.2ClH.Zr/c2*1-2-5-9-7-3-6-8(9)4-1;1-3-2;;;/h2*1-2,4-6,8-9H,3,7H2;1H,3H2,2H3;2*1H;/q2*-1;;;;+2/p-2. The summed E-state index contributed by atoms with van der Waals surface area (Å²) >= 11 is 1.54. The fourth-order valence-corrected chi connectivity index (χ4v) is 3.39. The van der Waals surface area contributed by atoms with Crippen molar-refractivity contribution in [2.45, 2.75) is 39.0 Å². The average Bonchev–Trinajstić information content (AvgIpc) is 3.24. The van der Waals surface area contributed by atoms with Crippen molar-refractivity contribution in [3.63, 3.8) is 0 Å². The Bertz CT molecular complexity index is 377. The van der Waals surface area contributed by atoms with E-state index in [1.54, 1.807) is 24.2 Å². The molecule has 0 bridgehead atoms. The summed E-state index contributed by atoms with van der Waals surface area (Å²) in [7, 11) is 0. The van der Waals surface area contributed by atoms with Crippen LogP contribution in [0.2, 0.25) is 0 Å². The van der Waals surface area contributed by atoms with E-state index in [0.29, 0.717) is 0 Å². The van der Waals surface area contributed by atoms with Gasteiger partial charge in [0.1, 0.15) is 0 Å². The number of hydrogen-bond donors (Lipinski definition) is 0. The molecule has 4 rings (SSSR count). The Hall–Kier alpha value is 0.293. The molecular formula is C21H28Cl2Zr-2. The van der Waals surface area contributed by atoms with Gasteiger partial charge in [-0.3, -0.25) is 0 Å². The van der Waals surface area contributed by atoms with Gasteiger partial charge in [0.25, 0.3) is 0 Å². The molecule has 0 saturated heterocycles. The molecule has 0 spiro atoms. The number of allylic oxidation sites excluding steroid dienone is 8. The SMILES string of the molecule is C1=CC2[CH-]CCC2C=C1.C1=CC2[CH-]CCC2C=C1.CC[CH]=[Zr+2].[Cl-].[Cl-]. The van der Waals surface area contributed by atoms with E-state index < -0.39 is 0 Å². The average molecular weight is 443 g/mol. The van der Waals surface area contributed by atoms with Crippen molar-refractivity contribution in [1.29, 1.82) is 0 Å². The van der Waals surface area contributed by atoms with Crippen LogP contribution < -0.4 is 24.8 Å². The fraction of sp³-hybridized carbons (Fsp3) is 0.476. The van der Waals surface area contributed by atoms with Crippen LogP contribution in [0, 0.1) is 36.5 Å². The molecule has 2 saturated carbocycles. The van der Waals surface area contributed by atoms with Crippen molar-refractivity contribution in [3.8, 4) is 0 Å². The maximum absolute atomic E-state index is 2.42. The van der Waals surface area contributed by atoms with Gasteiger partial charge in [0, 0.05) is 0 Å². The molecule has 4 atom stereocenters. The van der Waals surface area contributed by atoms with E-state index in [2.05, 4.69) is 72.1 Å². The first-order valence-corrected chi connectivity index (χ1v) is 10.1. The van der Waals surface area contributed by atoms with Crippen molar-refractivity contribution >= 4 is 3.71 Å². The Morgan fingerprint density at radius 2 is 1.21 bits per heavy atom. The summed E-state index contributed by atoms with van der Waals surface area (Å²) in [5.41, 5.74) is 0. The summed E-state index contributed by atoms with van der Waals surface area (Å²) in [6, 6.07) is 0. The van der Waals surface area contributed by atoms with Gasteiger partial charge in [0.2, 0.25) is 0 Å². The summed E-state index contributed by atoms with van der Waals surface area (Å²) in [4.78, 5) is 0. The molecule has 4 unspecified atom stereocenters. The first kappa shape index (κ1) is 24.3. The van der Waals surface area contributed by atoms with Gasteiger partial charge in [-0.2, -0.15) is 12.8 Å². The zero-order valence-corrected chi connectivity index (χ0v) is 18.4. The Balaban J connectivity index is 0.000000341. The van der Waals surface area contributed by atoms with Crippen LogP contribution in [-0.4, -0.2) is 3.71 Å². The minimum atomic E-state index is 0. The Labute approximate surface area is 176 Å². The molecule has 0 radical (unpaired) electrons. The van der Waals surface area contributed by atoms with Crippen LogP contribution >= 0.6 is 0 Å². The van der Waals surface area contributed by atoms with Crippen molar-refractivity contribution in [1.82, 2.24) is 0 Å².